The Morgan fingerprint density at radius 2 is 0.885 bits per heavy atom. The first-order chi connectivity index (χ1) is 62.3. The molecule has 32 heteroatoms. The number of aliphatic imine (C=N–C) groups is 3. The molecule has 0 bridgehead atoms. The Bertz CT molecular complexity index is 6470. The van der Waals surface area contributed by atoms with E-state index in [2.05, 4.69) is 94.6 Å². The number of amidine groups is 3. The molecule has 1 aliphatic carbocycles. The van der Waals surface area contributed by atoms with Crippen LogP contribution in [-0.4, -0.2) is 156 Å². The van der Waals surface area contributed by atoms with Gasteiger partial charge in [-0.25, -0.2) is 36.0 Å². The van der Waals surface area contributed by atoms with Gasteiger partial charge >= 0.3 is 17.1 Å². The van der Waals surface area contributed by atoms with Gasteiger partial charge in [0.2, 0.25) is 0 Å². The molecule has 0 radical (unpaired) electrons. The average Bonchev–Trinajstić information content (AvgIpc) is 1.64. The number of H-pyrrole nitrogens is 3. The van der Waals surface area contributed by atoms with Crippen molar-refractivity contribution >= 4 is 95.2 Å². The van der Waals surface area contributed by atoms with Gasteiger partial charge in [-0.15, -0.1) is 0 Å². The van der Waals surface area contributed by atoms with Crippen LogP contribution in [0.15, 0.2) is 163 Å². The van der Waals surface area contributed by atoms with Crippen molar-refractivity contribution in [2.75, 3.05) is 70.5 Å². The highest BCUT2D eigenvalue weighted by Gasteiger charge is 2.33. The summed E-state index contributed by atoms with van der Waals surface area (Å²) in [6.07, 6.45) is 19.0. The van der Waals surface area contributed by atoms with Gasteiger partial charge in [0.15, 0.2) is 27.3 Å². The highest BCUT2D eigenvalue weighted by atomic mass is 35.5. The van der Waals surface area contributed by atoms with Crippen LogP contribution in [0.1, 0.15) is 165 Å². The lowest BCUT2D eigenvalue weighted by Gasteiger charge is -2.31. The molecular weight excluding hydrogens is 1740 g/mol. The number of sulfone groups is 1. The number of nitrogens with zero attached hydrogens (tertiary/aromatic N) is 11. The monoisotopic (exact) mass is 1850 g/mol. The number of aryl methyl sites for hydroxylation is 3. The number of nitrogens with two attached hydrogens (primary N) is 3. The van der Waals surface area contributed by atoms with Crippen LogP contribution in [0.5, 0.6) is 11.5 Å². The Morgan fingerprint density at radius 1 is 0.500 bits per heavy atom. The number of hydrogen-bond donors (Lipinski definition) is 7. The van der Waals surface area contributed by atoms with Crippen molar-refractivity contribution in [3.63, 3.8) is 0 Å². The van der Waals surface area contributed by atoms with Gasteiger partial charge in [0.05, 0.1) is 78.2 Å². The van der Waals surface area contributed by atoms with E-state index < -0.39 is 44.4 Å². The van der Waals surface area contributed by atoms with E-state index in [1.165, 1.54) is 26.5 Å². The third kappa shape index (κ3) is 24.8. The zero-order valence-corrected chi connectivity index (χ0v) is 78.0. The first-order valence-corrected chi connectivity index (χ1v) is 47.9. The van der Waals surface area contributed by atoms with Crippen LogP contribution >= 0.6 is 34.8 Å². The predicted octanol–water partition coefficient (Wildman–Crippen LogP) is 18.0. The lowest BCUT2D eigenvalue weighted by Crippen LogP contribution is -2.47. The van der Waals surface area contributed by atoms with Crippen LogP contribution in [0.2, 0.25) is 15.1 Å². The summed E-state index contributed by atoms with van der Waals surface area (Å²) in [5.74, 6) is 4.50. The summed E-state index contributed by atoms with van der Waals surface area (Å²) in [7, 11) is -3.26. The molecule has 3 unspecified atom stereocenters. The fraction of sp³-hybridized carbons (Fsp3) is 0.418. The van der Waals surface area contributed by atoms with E-state index in [0.29, 0.717) is 153 Å². The van der Waals surface area contributed by atoms with Crippen LogP contribution in [0, 0.1) is 41.1 Å². The fourth-order valence-electron chi connectivity index (χ4n) is 17.1. The molecule has 16 rings (SSSR count). The third-order valence-corrected chi connectivity index (χ3v) is 26.8. The molecule has 3 aliphatic heterocycles. The van der Waals surface area contributed by atoms with Crippen molar-refractivity contribution in [1.82, 2.24) is 58.7 Å². The summed E-state index contributed by atoms with van der Waals surface area (Å²) in [5.41, 5.74) is 27.0. The van der Waals surface area contributed by atoms with E-state index >= 15 is 13.2 Å². The molecule has 2 fully saturated rings. The minimum atomic E-state index is -3.26. The van der Waals surface area contributed by atoms with Crippen LogP contribution in [0.4, 0.5) is 13.2 Å². The third-order valence-electron chi connectivity index (χ3n) is 24.2. The second-order valence-corrected chi connectivity index (χ2v) is 39.1. The lowest BCUT2D eigenvalue weighted by atomic mass is 9.96. The summed E-state index contributed by atoms with van der Waals surface area (Å²) in [6, 6.07) is 34.1. The van der Waals surface area contributed by atoms with Crippen molar-refractivity contribution in [3.8, 4) is 62.3 Å². The van der Waals surface area contributed by atoms with Crippen LogP contribution in [0.25, 0.3) is 83.9 Å². The Morgan fingerprint density at radius 3 is 1.28 bits per heavy atom. The molecule has 0 spiro atoms. The predicted molar refractivity (Wildman–Crippen MR) is 517 cm³/mol. The lowest BCUT2D eigenvalue weighted by molar-refractivity contribution is 0.225. The van der Waals surface area contributed by atoms with Gasteiger partial charge in [-0.05, 0) is 216 Å². The SMILES string of the molecule is CC(N)=NCCC1CS(=O)(=O)CC(c2ccc(-n3cc4cc(-c5cc(CCCC(C)C)cc(Cl)c5F)[nH]c4nc3=O)cc2)N1.CC(N)=NCCCN1CCOc2cc(-n3cc4cc(-c5cc(CCCC(C)C)cc(Cl)c5F)[nH]c4nc3=O)ccc2C1.CC(N)=NCCCN1CCOc2cc(-n3cc4cc(-c5cc(CCCC(C)C6CC6)cc(Cl)c5F)[nH]c4nc3=O)ccc2C1. The Labute approximate surface area is 770 Å². The van der Waals surface area contributed by atoms with E-state index in [9.17, 15) is 22.8 Å². The number of halogens is 6. The quantitative estimate of drug-likeness (QED) is 0.0121. The molecule has 6 aromatic carbocycles. The zero-order valence-electron chi connectivity index (χ0n) is 74.9. The van der Waals surface area contributed by atoms with E-state index in [-0.39, 0.29) is 38.7 Å². The van der Waals surface area contributed by atoms with Crippen molar-refractivity contribution in [1.29, 1.82) is 0 Å². The van der Waals surface area contributed by atoms with Crippen molar-refractivity contribution in [2.24, 2.45) is 55.8 Å². The Kier molecular flexibility index (Phi) is 31.5. The maximum absolute atomic E-state index is 15.3. The van der Waals surface area contributed by atoms with Crippen molar-refractivity contribution in [3.05, 3.63) is 231 Å². The number of rotatable bonds is 31. The highest BCUT2D eigenvalue weighted by molar-refractivity contribution is 7.91. The average molecular weight is 1850 g/mol. The molecule has 9 heterocycles. The van der Waals surface area contributed by atoms with E-state index in [1.54, 1.807) is 87.9 Å². The molecule has 6 aromatic heterocycles. The van der Waals surface area contributed by atoms with E-state index in [1.807, 2.05) is 66.7 Å². The van der Waals surface area contributed by atoms with Crippen LogP contribution < -0.4 is 49.1 Å². The molecule has 4 aliphatic rings. The first-order valence-electron chi connectivity index (χ1n) is 45.0. The molecule has 1 saturated heterocycles. The minimum absolute atomic E-state index is 0.0128. The molecule has 10 N–H and O–H groups in total. The molecule has 130 heavy (non-hydrogen) atoms. The number of aromatic nitrogens is 9. The largest absolute Gasteiger partial charge is 0.492 e. The van der Waals surface area contributed by atoms with Gasteiger partial charge in [0, 0.05) is 146 Å². The summed E-state index contributed by atoms with van der Waals surface area (Å²) < 4.78 is 87.4. The molecular formula is C98H116Cl3F3N18O7S. The second-order valence-electron chi connectivity index (χ2n) is 35.7. The van der Waals surface area contributed by atoms with Gasteiger partial charge in [0.1, 0.15) is 41.7 Å². The standard InChI is InChI=1S/C34H40ClFN6O2.C32H38ClFN6O3S.C32H38ClFN6O2/c1-21(24-7-8-24)5-3-6-23-15-28(32(36)29(35)16-23)30-17-26-20-42(34(43)40-33(26)39-30)27-10-9-25-19-41(12-4-11-38-22(2)37)13-14-44-31(25)18-27;1-19(2)5-4-6-21-13-26(30(34)27(33)14-21)28-15-23-16-40(32(41)39-31(23)38-28)25-9-7-22(8-10-25)29-18-44(42,43)17-24(37-29)11-12-36-20(3)35;1-20(2)6-4-7-22-14-26(30(34)27(33)15-22)28-16-24-19-40(32(41)38-31(24)37-28)25-9-8-23-18-39(11-5-10-36-21(3)35)12-13-42-29(23)17-25/h9-10,15-18,20-21,24H,3-8,11-14,19H2,1-2H3,(H2,37,38)(H,39,40,43);7-10,13-16,19,24,29,37H,4-6,11-12,17-18H2,1-3H3,(H2,35,36)(H,38,39,41);8-9,14-17,19-20H,4-7,10-13,18H2,1-3H3,(H2,35,36)(H,37,38,41). The molecule has 12 aromatic rings. The van der Waals surface area contributed by atoms with Gasteiger partial charge < -0.3 is 46.9 Å². The molecule has 1 saturated carbocycles. The maximum atomic E-state index is 15.3. The molecule has 25 nitrogen and oxygen atoms in total. The maximum Gasteiger partial charge on any atom is 0.354 e. The number of hydrogen-bond acceptors (Lipinski definition) is 16. The fourth-order valence-corrected chi connectivity index (χ4v) is 19.7. The second kappa shape index (κ2) is 43.0. The van der Waals surface area contributed by atoms with Gasteiger partial charge in [-0.1, -0.05) is 113 Å². The Balaban J connectivity index is 0.000000157. The van der Waals surface area contributed by atoms with E-state index in [0.717, 1.165) is 167 Å². The number of fused-ring (bicyclic) bond motifs is 5. The van der Waals surface area contributed by atoms with E-state index in [4.69, 9.17) is 61.5 Å². The minimum Gasteiger partial charge on any atom is -0.492 e. The molecule has 3 atom stereocenters. The van der Waals surface area contributed by atoms with Gasteiger partial charge in [-0.3, -0.25) is 38.5 Å². The Hall–Kier alpha value is -10.9. The molecule has 688 valence electrons. The summed E-state index contributed by atoms with van der Waals surface area (Å²) >= 11 is 18.9. The number of aromatic amines is 3. The number of nitrogens with one attached hydrogen (secondary N) is 4. The first kappa shape index (κ1) is 95.2. The summed E-state index contributed by atoms with van der Waals surface area (Å²) in [5, 5.41) is 5.67. The normalized spacial score (nSPS) is 16.5. The van der Waals surface area contributed by atoms with Crippen LogP contribution in [0.3, 0.4) is 0 Å². The smallest absolute Gasteiger partial charge is 0.354 e. The highest BCUT2D eigenvalue weighted by Crippen LogP contribution is 2.41. The summed E-state index contributed by atoms with van der Waals surface area (Å²) in [4.78, 5) is 78.7. The van der Waals surface area contributed by atoms with Gasteiger partial charge in [0.25, 0.3) is 0 Å². The van der Waals surface area contributed by atoms with Crippen molar-refractivity contribution in [2.45, 2.75) is 170 Å². The van der Waals surface area contributed by atoms with Crippen LogP contribution in [-0.2, 0) is 42.2 Å². The van der Waals surface area contributed by atoms with Crippen molar-refractivity contribution < 1.29 is 31.1 Å². The van der Waals surface area contributed by atoms with Gasteiger partial charge in [-0.2, -0.15) is 15.0 Å². The zero-order chi connectivity index (χ0) is 92.2. The summed E-state index contributed by atoms with van der Waals surface area (Å²) in [6.45, 7) is 24.2. The number of benzene rings is 6. The topological polar surface area (TPSA) is 338 Å². The molecule has 0 amide bonds. The number of ether oxygens (including phenoxy) is 2.